The fourth-order valence-corrected chi connectivity index (χ4v) is 2.25. The fourth-order valence-electron chi connectivity index (χ4n) is 2.25. The molecule has 102 valence electrons. The van der Waals surface area contributed by atoms with Crippen LogP contribution in [0.3, 0.4) is 0 Å². The minimum Gasteiger partial charge on any atom is -0.487 e. The molecule has 0 amide bonds. The summed E-state index contributed by atoms with van der Waals surface area (Å²) in [6.07, 6.45) is 0. The quantitative estimate of drug-likeness (QED) is 0.671. The molecule has 0 atom stereocenters. The lowest BCUT2D eigenvalue weighted by Gasteiger charge is -2.29. The van der Waals surface area contributed by atoms with Gasteiger partial charge < -0.3 is 4.74 Å². The lowest BCUT2D eigenvalue weighted by atomic mass is 9.84. The second kappa shape index (κ2) is 4.56. The van der Waals surface area contributed by atoms with E-state index < -0.39 is 0 Å². The summed E-state index contributed by atoms with van der Waals surface area (Å²) < 4.78 is 6.27. The minimum absolute atomic E-state index is 0.0740. The van der Waals surface area contributed by atoms with E-state index >= 15 is 0 Å². The van der Waals surface area contributed by atoms with Crippen LogP contribution >= 0.6 is 0 Å². The van der Waals surface area contributed by atoms with Crippen LogP contribution in [0.25, 0.3) is 10.8 Å². The largest absolute Gasteiger partial charge is 0.487 e. The van der Waals surface area contributed by atoms with Gasteiger partial charge in [-0.1, -0.05) is 57.2 Å². The Labute approximate surface area is 116 Å². The number of hydrogen-bond acceptors (Lipinski definition) is 1. The Morgan fingerprint density at radius 1 is 0.789 bits per heavy atom. The maximum atomic E-state index is 6.27. The van der Waals surface area contributed by atoms with Crippen molar-refractivity contribution in [2.45, 2.75) is 52.6 Å². The van der Waals surface area contributed by atoms with Gasteiger partial charge in [-0.15, -0.1) is 0 Å². The van der Waals surface area contributed by atoms with Crippen LogP contribution in [0.5, 0.6) is 5.75 Å². The van der Waals surface area contributed by atoms with Crippen molar-refractivity contribution >= 4 is 10.8 Å². The van der Waals surface area contributed by atoms with Crippen molar-refractivity contribution in [1.82, 2.24) is 0 Å². The number of ether oxygens (including phenoxy) is 1. The first-order chi connectivity index (χ1) is 8.68. The van der Waals surface area contributed by atoms with Crippen molar-refractivity contribution < 1.29 is 4.74 Å². The average molecular weight is 256 g/mol. The molecule has 0 aliphatic rings. The van der Waals surface area contributed by atoms with E-state index in [1.54, 1.807) is 0 Å². The Morgan fingerprint density at radius 2 is 1.42 bits per heavy atom. The molecule has 2 aromatic carbocycles. The normalized spacial score (nSPS) is 12.7. The molecular formula is C18H24O. The Balaban J connectivity index is 2.72. The Hall–Kier alpha value is -1.50. The molecule has 0 N–H and O–H groups in total. The summed E-state index contributed by atoms with van der Waals surface area (Å²) >= 11 is 0. The van der Waals surface area contributed by atoms with Crippen molar-refractivity contribution in [2.75, 3.05) is 0 Å². The van der Waals surface area contributed by atoms with Crippen LogP contribution in [0.4, 0.5) is 0 Å². The molecule has 2 aromatic rings. The smallest absolute Gasteiger partial charge is 0.131 e. The summed E-state index contributed by atoms with van der Waals surface area (Å²) in [6.45, 7) is 13.0. The molecule has 0 aliphatic heterocycles. The van der Waals surface area contributed by atoms with Crippen molar-refractivity contribution in [3.8, 4) is 5.75 Å². The highest BCUT2D eigenvalue weighted by Crippen LogP contribution is 2.38. The van der Waals surface area contributed by atoms with E-state index in [1.807, 2.05) is 0 Å². The van der Waals surface area contributed by atoms with Crippen LogP contribution in [0.2, 0.25) is 0 Å². The number of benzene rings is 2. The van der Waals surface area contributed by atoms with Crippen LogP contribution in [0, 0.1) is 0 Å². The lowest BCUT2D eigenvalue weighted by molar-refractivity contribution is 0.130. The molecule has 0 saturated carbocycles. The zero-order chi connectivity index (χ0) is 14.3. The van der Waals surface area contributed by atoms with Crippen LogP contribution < -0.4 is 4.74 Å². The molecule has 1 nitrogen and oxygen atoms in total. The van der Waals surface area contributed by atoms with E-state index in [-0.39, 0.29) is 11.0 Å². The van der Waals surface area contributed by atoms with Gasteiger partial charge in [-0.25, -0.2) is 0 Å². The van der Waals surface area contributed by atoms with Crippen molar-refractivity contribution in [2.24, 2.45) is 0 Å². The van der Waals surface area contributed by atoms with Gasteiger partial charge in [-0.05, 0) is 31.6 Å². The Morgan fingerprint density at radius 3 is 2.00 bits per heavy atom. The summed E-state index contributed by atoms with van der Waals surface area (Å²) in [4.78, 5) is 0. The zero-order valence-electron chi connectivity index (χ0n) is 12.9. The summed E-state index contributed by atoms with van der Waals surface area (Å²) in [6, 6.07) is 12.8. The summed E-state index contributed by atoms with van der Waals surface area (Å²) in [5.41, 5.74) is 1.15. The van der Waals surface area contributed by atoms with Gasteiger partial charge in [0, 0.05) is 10.9 Å². The van der Waals surface area contributed by atoms with Gasteiger partial charge in [0.25, 0.3) is 0 Å². The monoisotopic (exact) mass is 256 g/mol. The molecule has 1 heteroatoms. The fraction of sp³-hybridized carbons (Fsp3) is 0.444. The van der Waals surface area contributed by atoms with Gasteiger partial charge in [0.1, 0.15) is 11.4 Å². The predicted octanol–water partition coefficient (Wildman–Crippen LogP) is 5.31. The molecule has 2 rings (SSSR count). The Kier molecular flexibility index (Phi) is 3.34. The molecule has 0 fully saturated rings. The minimum atomic E-state index is -0.190. The van der Waals surface area contributed by atoms with E-state index in [4.69, 9.17) is 4.74 Å². The van der Waals surface area contributed by atoms with Crippen LogP contribution in [0.1, 0.15) is 47.1 Å². The van der Waals surface area contributed by atoms with Gasteiger partial charge in [0.2, 0.25) is 0 Å². The van der Waals surface area contributed by atoms with Gasteiger partial charge in [0.05, 0.1) is 0 Å². The maximum Gasteiger partial charge on any atom is 0.131 e. The van der Waals surface area contributed by atoms with Crippen molar-refractivity contribution in [3.63, 3.8) is 0 Å². The first kappa shape index (κ1) is 13.9. The summed E-state index contributed by atoms with van der Waals surface area (Å²) in [5, 5.41) is 2.43. The molecule has 0 saturated heterocycles. The number of rotatable bonds is 1. The highest BCUT2D eigenvalue weighted by molar-refractivity contribution is 5.90. The van der Waals surface area contributed by atoms with E-state index in [9.17, 15) is 0 Å². The van der Waals surface area contributed by atoms with Crippen LogP contribution in [-0.2, 0) is 5.41 Å². The molecule has 0 radical (unpaired) electrons. The predicted molar refractivity (Wildman–Crippen MR) is 83.0 cm³/mol. The SMILES string of the molecule is CC(C)(C)Oc1c(C(C)(C)C)ccc2ccccc12. The molecule has 0 aliphatic carbocycles. The first-order valence-corrected chi connectivity index (χ1v) is 6.90. The second-order valence-electron chi connectivity index (χ2n) is 7.13. The number of fused-ring (bicyclic) bond motifs is 1. The second-order valence-corrected chi connectivity index (χ2v) is 7.13. The van der Waals surface area contributed by atoms with E-state index in [0.29, 0.717) is 0 Å². The van der Waals surface area contributed by atoms with E-state index in [1.165, 1.54) is 16.3 Å². The third-order valence-corrected chi connectivity index (χ3v) is 3.10. The Bertz CT molecular complexity index is 583. The maximum absolute atomic E-state index is 6.27. The highest BCUT2D eigenvalue weighted by Gasteiger charge is 2.24. The average Bonchev–Trinajstić information content (AvgIpc) is 2.25. The van der Waals surface area contributed by atoms with Crippen LogP contribution in [-0.4, -0.2) is 5.60 Å². The molecule has 0 aromatic heterocycles. The molecule has 19 heavy (non-hydrogen) atoms. The standard InChI is InChI=1S/C18H24O/c1-17(2,3)15-12-11-13-9-7-8-10-14(13)16(15)19-18(4,5)6/h7-12H,1-6H3. The third-order valence-electron chi connectivity index (χ3n) is 3.10. The van der Waals surface area contributed by atoms with E-state index in [0.717, 1.165) is 5.75 Å². The molecule has 0 bridgehead atoms. The van der Waals surface area contributed by atoms with Gasteiger partial charge in [0.15, 0.2) is 0 Å². The highest BCUT2D eigenvalue weighted by atomic mass is 16.5. The molecule has 0 unspecified atom stereocenters. The number of hydrogen-bond donors (Lipinski definition) is 0. The molecule has 0 spiro atoms. The van der Waals surface area contributed by atoms with Gasteiger partial charge >= 0.3 is 0 Å². The molecule has 0 heterocycles. The summed E-state index contributed by atoms with van der Waals surface area (Å²) in [5.74, 6) is 1.03. The third kappa shape index (κ3) is 3.09. The topological polar surface area (TPSA) is 9.23 Å². The van der Waals surface area contributed by atoms with Gasteiger partial charge in [-0.2, -0.15) is 0 Å². The van der Waals surface area contributed by atoms with Crippen molar-refractivity contribution in [1.29, 1.82) is 0 Å². The van der Waals surface area contributed by atoms with Crippen LogP contribution in [0.15, 0.2) is 36.4 Å². The molecular weight excluding hydrogens is 232 g/mol. The first-order valence-electron chi connectivity index (χ1n) is 6.90. The van der Waals surface area contributed by atoms with E-state index in [2.05, 4.69) is 77.9 Å². The van der Waals surface area contributed by atoms with Crippen molar-refractivity contribution in [3.05, 3.63) is 42.0 Å². The lowest BCUT2D eigenvalue weighted by Crippen LogP contribution is -2.25. The summed E-state index contributed by atoms with van der Waals surface area (Å²) in [7, 11) is 0. The zero-order valence-corrected chi connectivity index (χ0v) is 12.9. The van der Waals surface area contributed by atoms with Gasteiger partial charge in [-0.3, -0.25) is 0 Å².